The van der Waals surface area contributed by atoms with Gasteiger partial charge in [0.1, 0.15) is 0 Å². The van der Waals surface area contributed by atoms with Crippen LogP contribution in [0, 0.1) is 5.92 Å². The molecular formula is C10H18N2O. The fraction of sp³-hybridized carbons (Fsp3) is 0.900. The molecule has 0 spiro atoms. The van der Waals surface area contributed by atoms with E-state index < -0.39 is 0 Å². The molecule has 0 heterocycles. The fourth-order valence-corrected chi connectivity index (χ4v) is 2.29. The first-order chi connectivity index (χ1) is 6.25. The first kappa shape index (κ1) is 9.00. The molecule has 74 valence electrons. The summed E-state index contributed by atoms with van der Waals surface area (Å²) in [7, 11) is 0. The lowest BCUT2D eigenvalue weighted by Crippen LogP contribution is -2.51. The van der Waals surface area contributed by atoms with E-state index in [1.807, 2.05) is 0 Å². The maximum atomic E-state index is 11.6. The van der Waals surface area contributed by atoms with Gasteiger partial charge in [0.2, 0.25) is 5.91 Å². The molecule has 0 aliphatic heterocycles. The summed E-state index contributed by atoms with van der Waals surface area (Å²) >= 11 is 0. The van der Waals surface area contributed by atoms with Crippen molar-refractivity contribution in [3.05, 3.63) is 0 Å². The van der Waals surface area contributed by atoms with Crippen LogP contribution >= 0.6 is 0 Å². The Balaban J connectivity index is 1.72. The Morgan fingerprint density at radius 3 is 2.38 bits per heavy atom. The zero-order valence-corrected chi connectivity index (χ0v) is 7.96. The second-order valence-electron chi connectivity index (χ2n) is 4.42. The summed E-state index contributed by atoms with van der Waals surface area (Å²) in [6.07, 6.45) is 6.57. The minimum atomic E-state index is 0.273. The van der Waals surface area contributed by atoms with Gasteiger partial charge in [0.05, 0.1) is 0 Å². The second-order valence-corrected chi connectivity index (χ2v) is 4.42. The second kappa shape index (κ2) is 3.66. The van der Waals surface area contributed by atoms with Crippen LogP contribution in [-0.2, 0) is 4.79 Å². The van der Waals surface area contributed by atoms with Crippen LogP contribution in [0.2, 0.25) is 0 Å². The standard InChI is InChI=1S/C10H18N2O/c11-8-5-9(6-8)12-10(13)7-3-1-2-4-7/h7-9H,1-6,11H2,(H,12,13). The molecule has 0 radical (unpaired) electrons. The van der Waals surface area contributed by atoms with Gasteiger partial charge in [-0.1, -0.05) is 12.8 Å². The first-order valence-electron chi connectivity index (χ1n) is 5.31. The monoisotopic (exact) mass is 182 g/mol. The van der Waals surface area contributed by atoms with Crippen molar-refractivity contribution in [3.63, 3.8) is 0 Å². The molecule has 0 unspecified atom stereocenters. The van der Waals surface area contributed by atoms with Crippen LogP contribution in [0.15, 0.2) is 0 Å². The van der Waals surface area contributed by atoms with Crippen molar-refractivity contribution in [1.29, 1.82) is 0 Å². The van der Waals surface area contributed by atoms with Crippen molar-refractivity contribution in [1.82, 2.24) is 5.32 Å². The van der Waals surface area contributed by atoms with E-state index in [1.165, 1.54) is 12.8 Å². The number of amides is 1. The summed E-state index contributed by atoms with van der Waals surface area (Å²) in [4.78, 5) is 11.6. The summed E-state index contributed by atoms with van der Waals surface area (Å²) in [6.45, 7) is 0. The average Bonchev–Trinajstić information content (AvgIpc) is 2.53. The van der Waals surface area contributed by atoms with E-state index in [2.05, 4.69) is 5.32 Å². The van der Waals surface area contributed by atoms with Crippen molar-refractivity contribution < 1.29 is 4.79 Å². The molecule has 2 saturated carbocycles. The SMILES string of the molecule is NC1CC(NC(=O)C2CCCC2)C1. The molecule has 2 aliphatic carbocycles. The first-order valence-corrected chi connectivity index (χ1v) is 5.31. The van der Waals surface area contributed by atoms with Gasteiger partial charge in [-0.3, -0.25) is 4.79 Å². The van der Waals surface area contributed by atoms with Gasteiger partial charge in [0.25, 0.3) is 0 Å². The molecule has 0 aromatic carbocycles. The molecule has 3 heteroatoms. The van der Waals surface area contributed by atoms with Crippen LogP contribution < -0.4 is 11.1 Å². The summed E-state index contributed by atoms with van der Waals surface area (Å²) in [6, 6.07) is 0.706. The van der Waals surface area contributed by atoms with E-state index >= 15 is 0 Å². The molecule has 0 aromatic heterocycles. The highest BCUT2D eigenvalue weighted by Crippen LogP contribution is 2.26. The number of nitrogens with two attached hydrogens (primary N) is 1. The normalized spacial score (nSPS) is 34.2. The Morgan fingerprint density at radius 1 is 1.23 bits per heavy atom. The predicted molar refractivity (Wildman–Crippen MR) is 51.1 cm³/mol. The van der Waals surface area contributed by atoms with Crippen LogP contribution in [-0.4, -0.2) is 18.0 Å². The van der Waals surface area contributed by atoms with Crippen molar-refractivity contribution >= 4 is 5.91 Å². The minimum absolute atomic E-state index is 0.273. The van der Waals surface area contributed by atoms with Crippen molar-refractivity contribution in [2.75, 3.05) is 0 Å². The predicted octanol–water partition coefficient (Wildman–Crippen LogP) is 0.782. The zero-order chi connectivity index (χ0) is 9.26. The lowest BCUT2D eigenvalue weighted by Gasteiger charge is -2.33. The van der Waals surface area contributed by atoms with Crippen molar-refractivity contribution in [3.8, 4) is 0 Å². The van der Waals surface area contributed by atoms with Gasteiger partial charge >= 0.3 is 0 Å². The topological polar surface area (TPSA) is 55.1 Å². The molecular weight excluding hydrogens is 164 g/mol. The summed E-state index contributed by atoms with van der Waals surface area (Å²) in [5.74, 6) is 0.575. The Morgan fingerprint density at radius 2 is 1.85 bits per heavy atom. The van der Waals surface area contributed by atoms with Crippen molar-refractivity contribution in [2.45, 2.75) is 50.6 Å². The van der Waals surface area contributed by atoms with Gasteiger partial charge in [-0.2, -0.15) is 0 Å². The lowest BCUT2D eigenvalue weighted by molar-refractivity contribution is -0.126. The molecule has 2 rings (SSSR count). The Kier molecular flexibility index (Phi) is 2.54. The van der Waals surface area contributed by atoms with Crippen molar-refractivity contribution in [2.24, 2.45) is 11.7 Å². The fourth-order valence-electron chi connectivity index (χ4n) is 2.29. The summed E-state index contributed by atoms with van der Waals surface area (Å²) in [5.41, 5.74) is 5.65. The van der Waals surface area contributed by atoms with Gasteiger partial charge < -0.3 is 11.1 Å². The summed E-state index contributed by atoms with van der Waals surface area (Å²) < 4.78 is 0. The third-order valence-electron chi connectivity index (χ3n) is 3.25. The van der Waals surface area contributed by atoms with Gasteiger partial charge in [-0.25, -0.2) is 0 Å². The maximum absolute atomic E-state index is 11.6. The van der Waals surface area contributed by atoms with Crippen LogP contribution in [0.1, 0.15) is 38.5 Å². The number of hydrogen-bond donors (Lipinski definition) is 2. The number of rotatable bonds is 2. The van der Waals surface area contributed by atoms with E-state index in [4.69, 9.17) is 5.73 Å². The molecule has 0 atom stereocenters. The van der Waals surface area contributed by atoms with E-state index in [0.29, 0.717) is 18.0 Å². The summed E-state index contributed by atoms with van der Waals surface area (Å²) in [5, 5.41) is 3.07. The Hall–Kier alpha value is -0.570. The molecule has 0 saturated heterocycles. The van der Waals surface area contributed by atoms with Crippen LogP contribution in [0.5, 0.6) is 0 Å². The Bertz CT molecular complexity index is 193. The molecule has 13 heavy (non-hydrogen) atoms. The zero-order valence-electron chi connectivity index (χ0n) is 7.96. The minimum Gasteiger partial charge on any atom is -0.353 e. The molecule has 2 aliphatic rings. The van der Waals surface area contributed by atoms with Gasteiger partial charge in [-0.15, -0.1) is 0 Å². The molecule has 2 fully saturated rings. The highest BCUT2D eigenvalue weighted by atomic mass is 16.1. The number of hydrogen-bond acceptors (Lipinski definition) is 2. The third-order valence-corrected chi connectivity index (χ3v) is 3.25. The molecule has 0 bridgehead atoms. The van der Waals surface area contributed by atoms with Gasteiger partial charge in [0, 0.05) is 18.0 Å². The Labute approximate surface area is 79.1 Å². The largest absolute Gasteiger partial charge is 0.353 e. The molecule has 3 nitrogen and oxygen atoms in total. The molecule has 3 N–H and O–H groups in total. The molecule has 0 aromatic rings. The highest BCUT2D eigenvalue weighted by molar-refractivity contribution is 5.79. The van der Waals surface area contributed by atoms with E-state index in [-0.39, 0.29) is 5.91 Å². The van der Waals surface area contributed by atoms with E-state index in [9.17, 15) is 4.79 Å². The lowest BCUT2D eigenvalue weighted by atomic mass is 9.87. The van der Waals surface area contributed by atoms with E-state index in [1.54, 1.807) is 0 Å². The highest BCUT2D eigenvalue weighted by Gasteiger charge is 2.30. The van der Waals surface area contributed by atoms with Gasteiger partial charge in [0.15, 0.2) is 0 Å². The van der Waals surface area contributed by atoms with Gasteiger partial charge in [-0.05, 0) is 25.7 Å². The number of carbonyl (C=O) groups is 1. The number of nitrogens with one attached hydrogen (secondary N) is 1. The smallest absolute Gasteiger partial charge is 0.223 e. The van der Waals surface area contributed by atoms with Crippen LogP contribution in [0.3, 0.4) is 0 Å². The van der Waals surface area contributed by atoms with Crippen LogP contribution in [0.4, 0.5) is 0 Å². The average molecular weight is 182 g/mol. The van der Waals surface area contributed by atoms with E-state index in [0.717, 1.165) is 25.7 Å². The third kappa shape index (κ3) is 2.02. The quantitative estimate of drug-likeness (QED) is 0.663. The maximum Gasteiger partial charge on any atom is 0.223 e. The van der Waals surface area contributed by atoms with Crippen LogP contribution in [0.25, 0.3) is 0 Å². The molecule has 1 amide bonds. The number of carbonyl (C=O) groups excluding carboxylic acids is 1.